The van der Waals surface area contributed by atoms with Crippen LogP contribution in [0.25, 0.3) is 302 Å². The largest absolute Gasteiger partial charge is 0.0683 e. The maximum Gasteiger partial charge on any atom is -0.00139 e. The van der Waals surface area contributed by atoms with E-state index in [1.807, 2.05) is 13.8 Å². The van der Waals surface area contributed by atoms with Gasteiger partial charge in [-0.1, -0.05) is 511 Å². The molecule has 0 heterocycles. The van der Waals surface area contributed by atoms with Gasteiger partial charge in [0.1, 0.15) is 0 Å². The highest BCUT2D eigenvalue weighted by Crippen LogP contribution is 2.53. The highest BCUT2D eigenvalue weighted by atomic mass is 14.3. The molecule has 36 aromatic rings. The Kier molecular flexibility index (Phi) is 19.3. The van der Waals surface area contributed by atoms with Gasteiger partial charge in [-0.15, -0.1) is 0 Å². The second-order valence-electron chi connectivity index (χ2n) is 38.1. The molecule has 0 spiro atoms. The zero-order valence-electron chi connectivity index (χ0n) is 78.5. The normalized spacial score (nSPS) is 11.9. The van der Waals surface area contributed by atoms with Crippen LogP contribution in [0, 0.1) is 0 Å². The van der Waals surface area contributed by atoms with Crippen LogP contribution in [0.5, 0.6) is 0 Å². The van der Waals surface area contributed by atoms with Gasteiger partial charge in [-0.3, -0.25) is 0 Å². The second-order valence-corrected chi connectivity index (χ2v) is 38.1. The zero-order chi connectivity index (χ0) is 93.7. The Hall–Kier alpha value is -18.2. The quantitative estimate of drug-likeness (QED) is 0.105. The van der Waals surface area contributed by atoms with Gasteiger partial charge in [0.15, 0.2) is 0 Å². The maximum absolute atomic E-state index is 2.27. The molecule has 36 rings (SSSR count). The summed E-state index contributed by atoms with van der Waals surface area (Å²) in [6, 6.07) is 185. The Balaban J connectivity index is 0.0000000801. The summed E-state index contributed by atoms with van der Waals surface area (Å²) < 4.78 is 0. The van der Waals surface area contributed by atoms with E-state index < -0.39 is 0 Å². The molecule has 36 aromatic carbocycles. The minimum Gasteiger partial charge on any atom is -0.0683 e. The predicted octanol–water partition coefficient (Wildman–Crippen LogP) is 41.2. The highest BCUT2D eigenvalue weighted by Gasteiger charge is 2.24. The Labute approximate surface area is 818 Å². The molecule has 0 aliphatic carbocycles. The fourth-order valence-corrected chi connectivity index (χ4v) is 24.3. The number of hydrogen-bond acceptors (Lipinski definition) is 0. The van der Waals surface area contributed by atoms with Crippen molar-refractivity contribution in [2.45, 2.75) is 13.8 Å². The van der Waals surface area contributed by atoms with Gasteiger partial charge in [-0.25, -0.2) is 0 Å². The first-order valence-electron chi connectivity index (χ1n) is 49.8. The molecule has 0 fully saturated rings. The minimum atomic E-state index is 1.31. The molecule has 0 bridgehead atoms. The zero-order valence-corrected chi connectivity index (χ0v) is 78.5. The van der Waals surface area contributed by atoms with E-state index in [0.717, 1.165) is 0 Å². The first-order chi connectivity index (χ1) is 70.4. The molecule has 0 radical (unpaired) electrons. The number of benzene rings is 35. The van der Waals surface area contributed by atoms with Crippen LogP contribution >= 0.6 is 0 Å². The Morgan fingerprint density at radius 2 is 0.176 bits per heavy atom. The molecule has 0 unspecified atom stereocenters. The van der Waals surface area contributed by atoms with Crippen LogP contribution in [0.3, 0.4) is 0 Å². The van der Waals surface area contributed by atoms with Crippen LogP contribution < -0.4 is 0 Å². The topological polar surface area (TPSA) is 0 Å². The average molecular weight is 1800 g/mol. The summed E-state index contributed by atoms with van der Waals surface area (Å²) in [5.41, 5.74) is 0. The van der Waals surface area contributed by atoms with E-state index in [4.69, 9.17) is 0 Å². The third-order valence-corrected chi connectivity index (χ3v) is 30.6. The van der Waals surface area contributed by atoms with Crippen molar-refractivity contribution in [1.29, 1.82) is 0 Å². The number of fused-ring (bicyclic) bond motifs is 11. The molecule has 0 N–H and O–H groups in total. The first-order valence-corrected chi connectivity index (χ1v) is 49.8. The number of rotatable bonds is 0. The standard InChI is InChI=1S/2C24H12.C20H10.C18H12.C16H10.2C14H10.C10H8.C2H6/c2*1-2-14-5-6-16-9-11-18-12-10-17-8-7-15-4-3-13(1)19-20(14)22(16)24(18)23(17)21(15)19;1-2-12-5-6-14-9-10-15-8-7-13-4-3-11(1)16-17(12)19(14)20(15)18(13)16;1-3-7-15-13(5-1)9-11-18-16-8-4-2-6-14(16)10-12-17(15)18;1-3-11-7-9-13-5-2-6-14-10-8-12(4-1)15(11)16(13)14;1-3-7-13-11(5-1)9-10-12-6-2-4-8-14(12)13;1-2-6-12-10-14-8-4-3-7-13(14)9-11(12)5-1;1-2-6-10-8-4-3-7-9(10)5-1;1-2/h2*1-12H;1-10H;1-12H;1-10H;2*1-10H;1-8H;1-2H3. The molecule has 0 aliphatic heterocycles. The third kappa shape index (κ3) is 13.1. The van der Waals surface area contributed by atoms with Crippen LogP contribution in [0.4, 0.5) is 0 Å². The monoisotopic (exact) mass is 1790 g/mol. The summed E-state index contributed by atoms with van der Waals surface area (Å²) in [5.74, 6) is 0. The van der Waals surface area contributed by atoms with Crippen molar-refractivity contribution in [3.63, 3.8) is 0 Å². The summed E-state index contributed by atoms with van der Waals surface area (Å²) in [4.78, 5) is 0. The average Bonchev–Trinajstić information content (AvgIpc) is 1.14. The fourth-order valence-electron chi connectivity index (χ4n) is 24.3. The van der Waals surface area contributed by atoms with Gasteiger partial charge in [0.05, 0.1) is 0 Å². The van der Waals surface area contributed by atoms with Crippen LogP contribution in [0.1, 0.15) is 13.8 Å². The van der Waals surface area contributed by atoms with Crippen molar-refractivity contribution in [3.05, 3.63) is 510 Å². The van der Waals surface area contributed by atoms with Gasteiger partial charge in [-0.05, 0) is 314 Å². The summed E-state index contributed by atoms with van der Waals surface area (Å²) in [6.45, 7) is 4.00. The highest BCUT2D eigenvalue weighted by molar-refractivity contribution is 6.48. The van der Waals surface area contributed by atoms with E-state index in [1.54, 1.807) is 0 Å². The summed E-state index contributed by atoms with van der Waals surface area (Å²) >= 11 is 0. The van der Waals surface area contributed by atoms with Crippen molar-refractivity contribution >= 4 is 302 Å². The lowest BCUT2D eigenvalue weighted by molar-refractivity contribution is 1.50. The third-order valence-electron chi connectivity index (χ3n) is 30.6. The molecule has 0 heteroatoms. The molecule has 142 heavy (non-hydrogen) atoms. The molecule has 0 amide bonds. The van der Waals surface area contributed by atoms with E-state index in [0.29, 0.717) is 0 Å². The predicted molar refractivity (Wildman–Crippen MR) is 625 cm³/mol. The molecular weight excluding hydrogens is 1710 g/mol. The summed E-state index contributed by atoms with van der Waals surface area (Å²) in [7, 11) is 0. The maximum atomic E-state index is 2.27. The molecule has 0 nitrogen and oxygen atoms in total. The molecule has 0 saturated carbocycles. The van der Waals surface area contributed by atoms with Crippen LogP contribution in [-0.2, 0) is 0 Å². The lowest BCUT2D eigenvalue weighted by Crippen LogP contribution is -1.91. The van der Waals surface area contributed by atoms with E-state index in [-0.39, 0.29) is 0 Å². The van der Waals surface area contributed by atoms with E-state index in [1.165, 1.54) is 302 Å². The van der Waals surface area contributed by atoms with Crippen molar-refractivity contribution < 1.29 is 0 Å². The van der Waals surface area contributed by atoms with Crippen molar-refractivity contribution in [1.82, 2.24) is 0 Å². The Bertz CT molecular complexity index is 9370. The van der Waals surface area contributed by atoms with Gasteiger partial charge in [-0.2, -0.15) is 0 Å². The van der Waals surface area contributed by atoms with Crippen molar-refractivity contribution in [2.24, 2.45) is 0 Å². The lowest BCUT2D eigenvalue weighted by atomic mass is 9.83. The van der Waals surface area contributed by atoms with Crippen molar-refractivity contribution in [3.8, 4) is 0 Å². The summed E-state index contributed by atoms with van der Waals surface area (Å²) in [5, 5.41) is 76.8. The van der Waals surface area contributed by atoms with Crippen molar-refractivity contribution in [2.75, 3.05) is 0 Å². The fraction of sp³-hybridized carbons (Fsp3) is 0.0141. The Morgan fingerprint density at radius 3 is 0.338 bits per heavy atom. The van der Waals surface area contributed by atoms with E-state index in [2.05, 4.69) is 510 Å². The van der Waals surface area contributed by atoms with Crippen LogP contribution in [0.2, 0.25) is 0 Å². The Morgan fingerprint density at radius 1 is 0.0704 bits per heavy atom. The lowest BCUT2D eigenvalue weighted by Gasteiger charge is -2.20. The minimum absolute atomic E-state index is 1.31. The second kappa shape index (κ2) is 33.3. The molecular formula is C142H90. The smallest absolute Gasteiger partial charge is 0.00139 e. The van der Waals surface area contributed by atoms with Gasteiger partial charge >= 0.3 is 0 Å². The van der Waals surface area contributed by atoms with Crippen LogP contribution in [-0.4, -0.2) is 0 Å². The van der Waals surface area contributed by atoms with Gasteiger partial charge in [0.2, 0.25) is 0 Å². The van der Waals surface area contributed by atoms with Crippen LogP contribution in [0.15, 0.2) is 510 Å². The molecule has 0 atom stereocenters. The van der Waals surface area contributed by atoms with E-state index >= 15 is 0 Å². The molecule has 0 saturated heterocycles. The summed E-state index contributed by atoms with van der Waals surface area (Å²) in [6.07, 6.45) is 0. The SMILES string of the molecule is CC.c1cc2ccc3ccc4ccc5ccc1c1c2c3c4c51.c1cc2ccc3ccc4ccc5ccc6ccc1c1c2c3c4c5c61.c1cc2ccc3ccc4ccc5ccc6ccc1c1c2c3c4c5c61.c1cc2ccc3cccc4ccc(c1)c2c34.c1ccc2c(c1)ccc1c3ccccc3ccc21.c1ccc2c(c1)ccc1ccccc12.c1ccc2cc3ccccc3cc2c1.c1ccc2ccccc2c1. The van der Waals surface area contributed by atoms with Gasteiger partial charge in [0, 0.05) is 0 Å². The van der Waals surface area contributed by atoms with E-state index in [9.17, 15) is 0 Å². The molecule has 0 aromatic heterocycles. The number of hydrogen-bond donors (Lipinski definition) is 0. The first kappa shape index (κ1) is 82.1. The van der Waals surface area contributed by atoms with Gasteiger partial charge in [0.25, 0.3) is 0 Å². The molecule has 0 aliphatic rings. The molecule has 658 valence electrons. The van der Waals surface area contributed by atoms with Gasteiger partial charge < -0.3 is 0 Å².